The highest BCUT2D eigenvalue weighted by Crippen LogP contribution is 2.18. The van der Waals surface area contributed by atoms with E-state index in [0.717, 1.165) is 32.4 Å². The maximum Gasteiger partial charge on any atom is 0.243 e. The van der Waals surface area contributed by atoms with E-state index in [0.29, 0.717) is 18.0 Å². The Balaban J connectivity index is 1.72. The van der Waals surface area contributed by atoms with Gasteiger partial charge < -0.3 is 15.5 Å². The summed E-state index contributed by atoms with van der Waals surface area (Å²) < 4.78 is 13.1. The molecule has 6 heteroatoms. The summed E-state index contributed by atoms with van der Waals surface area (Å²) >= 11 is 0. The van der Waals surface area contributed by atoms with Crippen LogP contribution in [0.5, 0.6) is 0 Å². The van der Waals surface area contributed by atoms with Crippen LogP contribution in [0.4, 0.5) is 10.1 Å². The van der Waals surface area contributed by atoms with Gasteiger partial charge in [0.05, 0.1) is 6.54 Å². The number of anilines is 1. The van der Waals surface area contributed by atoms with E-state index >= 15 is 0 Å². The van der Waals surface area contributed by atoms with Gasteiger partial charge in [-0.25, -0.2) is 4.39 Å². The largest absolute Gasteiger partial charge is 0.336 e. The van der Waals surface area contributed by atoms with Crippen molar-refractivity contribution < 1.29 is 14.0 Å². The zero-order chi connectivity index (χ0) is 16.7. The number of rotatable bonds is 6. The highest BCUT2D eigenvalue weighted by Gasteiger charge is 2.17. The summed E-state index contributed by atoms with van der Waals surface area (Å²) in [6.07, 6.45) is 3.55. The summed E-state index contributed by atoms with van der Waals surface area (Å²) in [4.78, 5) is 25.4. The molecule has 0 spiro atoms. The minimum absolute atomic E-state index is 0.0262. The highest BCUT2D eigenvalue weighted by molar-refractivity contribution is 5.94. The first-order valence-corrected chi connectivity index (χ1v) is 8.04. The topological polar surface area (TPSA) is 61.4 Å². The zero-order valence-corrected chi connectivity index (χ0v) is 13.5. The normalized spacial score (nSPS) is 15.2. The minimum atomic E-state index is -0.408. The van der Waals surface area contributed by atoms with Crippen LogP contribution >= 0.6 is 0 Å². The van der Waals surface area contributed by atoms with Crippen LogP contribution in [0.25, 0.3) is 0 Å². The van der Waals surface area contributed by atoms with Crippen LogP contribution in [-0.2, 0) is 9.59 Å². The number of amides is 2. The molecule has 126 valence electrons. The lowest BCUT2D eigenvalue weighted by Gasteiger charge is -2.23. The summed E-state index contributed by atoms with van der Waals surface area (Å²) in [7, 11) is 1.62. The molecule has 0 bridgehead atoms. The van der Waals surface area contributed by atoms with E-state index in [1.54, 1.807) is 13.1 Å². The van der Waals surface area contributed by atoms with Gasteiger partial charge in [0.15, 0.2) is 0 Å². The molecule has 2 N–H and O–H groups in total. The number of piperidine rings is 1. The average Bonchev–Trinajstić information content (AvgIpc) is 2.53. The molecule has 2 rings (SSSR count). The smallest absolute Gasteiger partial charge is 0.243 e. The fraction of sp³-hybridized carbons (Fsp3) is 0.529. The van der Waals surface area contributed by atoms with E-state index < -0.39 is 5.82 Å². The van der Waals surface area contributed by atoms with Crippen LogP contribution in [0.1, 0.15) is 25.7 Å². The van der Waals surface area contributed by atoms with Crippen LogP contribution in [-0.4, -0.2) is 43.4 Å². The molecule has 1 heterocycles. The Hall–Kier alpha value is -1.95. The molecule has 5 nitrogen and oxygen atoms in total. The van der Waals surface area contributed by atoms with Crippen LogP contribution in [0.3, 0.4) is 0 Å². The van der Waals surface area contributed by atoms with Gasteiger partial charge in [-0.05, 0) is 56.5 Å². The lowest BCUT2D eigenvalue weighted by molar-refractivity contribution is -0.133. The zero-order valence-electron chi connectivity index (χ0n) is 13.5. The third-order valence-electron chi connectivity index (χ3n) is 4.14. The Labute approximate surface area is 136 Å². The molecule has 0 saturated carbocycles. The molecule has 1 aliphatic heterocycles. The van der Waals surface area contributed by atoms with Gasteiger partial charge in [0, 0.05) is 19.2 Å². The number of likely N-dealkylation sites (N-methyl/N-ethyl adjacent to an activating group) is 1. The number of hydrogen-bond donors (Lipinski definition) is 2. The number of hydrogen-bond acceptors (Lipinski definition) is 3. The quantitative estimate of drug-likeness (QED) is 0.842. The van der Waals surface area contributed by atoms with Gasteiger partial charge in [-0.3, -0.25) is 9.59 Å². The Morgan fingerprint density at radius 1 is 1.35 bits per heavy atom. The van der Waals surface area contributed by atoms with Crippen molar-refractivity contribution in [1.82, 2.24) is 10.2 Å². The standard InChI is InChI=1S/C17H24FN3O2/c1-21(17(23)6-5-13-7-9-19-10-8-13)12-16(22)20-15-4-2-3-14(18)11-15/h2-4,11,13,19H,5-10,12H2,1H3,(H,20,22). The molecular formula is C17H24FN3O2. The van der Waals surface area contributed by atoms with Crippen molar-refractivity contribution in [2.75, 3.05) is 32.0 Å². The molecule has 2 amide bonds. The van der Waals surface area contributed by atoms with Gasteiger partial charge in [0.25, 0.3) is 0 Å². The molecule has 1 aromatic rings. The first-order chi connectivity index (χ1) is 11.0. The average molecular weight is 321 g/mol. The van der Waals surface area contributed by atoms with Gasteiger partial charge in [0.2, 0.25) is 11.8 Å². The Morgan fingerprint density at radius 2 is 2.09 bits per heavy atom. The van der Waals surface area contributed by atoms with Crippen molar-refractivity contribution >= 4 is 17.5 Å². The van der Waals surface area contributed by atoms with Gasteiger partial charge in [-0.2, -0.15) is 0 Å². The number of carbonyl (C=O) groups is 2. The van der Waals surface area contributed by atoms with Crippen molar-refractivity contribution in [3.8, 4) is 0 Å². The number of nitrogens with one attached hydrogen (secondary N) is 2. The molecule has 1 aliphatic rings. The summed E-state index contributed by atoms with van der Waals surface area (Å²) in [5.74, 6) is -0.171. The van der Waals surface area contributed by atoms with E-state index in [1.807, 2.05) is 0 Å². The van der Waals surface area contributed by atoms with E-state index in [1.165, 1.54) is 23.1 Å². The number of halogens is 1. The molecule has 0 radical (unpaired) electrons. The first-order valence-electron chi connectivity index (χ1n) is 8.04. The predicted octanol–water partition coefficient (Wildman–Crippen LogP) is 2.00. The van der Waals surface area contributed by atoms with Crippen molar-refractivity contribution in [2.45, 2.75) is 25.7 Å². The maximum atomic E-state index is 13.1. The third kappa shape index (κ3) is 5.98. The molecule has 0 aliphatic carbocycles. The highest BCUT2D eigenvalue weighted by atomic mass is 19.1. The Bertz CT molecular complexity index is 544. The summed E-state index contributed by atoms with van der Waals surface area (Å²) in [6.45, 7) is 2.01. The maximum absolute atomic E-state index is 13.1. The fourth-order valence-corrected chi connectivity index (χ4v) is 2.76. The second-order valence-electron chi connectivity index (χ2n) is 6.04. The summed E-state index contributed by atoms with van der Waals surface area (Å²) in [5.41, 5.74) is 0.394. The van der Waals surface area contributed by atoms with Gasteiger partial charge in [0.1, 0.15) is 5.82 Å². The third-order valence-corrected chi connectivity index (χ3v) is 4.14. The van der Waals surface area contributed by atoms with Crippen LogP contribution in [0, 0.1) is 11.7 Å². The van der Waals surface area contributed by atoms with E-state index in [2.05, 4.69) is 10.6 Å². The Kier molecular flexibility index (Phi) is 6.52. The number of carbonyl (C=O) groups excluding carboxylic acids is 2. The molecule has 0 unspecified atom stereocenters. The van der Waals surface area contributed by atoms with Crippen molar-refractivity contribution in [3.63, 3.8) is 0 Å². The van der Waals surface area contributed by atoms with Gasteiger partial charge in [-0.15, -0.1) is 0 Å². The van der Waals surface area contributed by atoms with Crippen LogP contribution < -0.4 is 10.6 Å². The first kappa shape index (κ1) is 17.4. The summed E-state index contributed by atoms with van der Waals surface area (Å²) in [6, 6.07) is 5.70. The second-order valence-corrected chi connectivity index (χ2v) is 6.04. The minimum Gasteiger partial charge on any atom is -0.336 e. The lowest BCUT2D eigenvalue weighted by atomic mass is 9.93. The summed E-state index contributed by atoms with van der Waals surface area (Å²) in [5, 5.41) is 5.90. The molecule has 0 atom stereocenters. The van der Waals surface area contributed by atoms with Crippen molar-refractivity contribution in [1.29, 1.82) is 0 Å². The monoisotopic (exact) mass is 321 g/mol. The van der Waals surface area contributed by atoms with Crippen LogP contribution in [0.2, 0.25) is 0 Å². The SMILES string of the molecule is CN(CC(=O)Nc1cccc(F)c1)C(=O)CCC1CCNCC1. The molecule has 23 heavy (non-hydrogen) atoms. The molecule has 1 aromatic carbocycles. The van der Waals surface area contributed by atoms with Gasteiger partial charge in [-0.1, -0.05) is 6.07 Å². The van der Waals surface area contributed by atoms with E-state index in [4.69, 9.17) is 0 Å². The predicted molar refractivity (Wildman–Crippen MR) is 87.5 cm³/mol. The van der Waals surface area contributed by atoms with Crippen molar-refractivity contribution in [3.05, 3.63) is 30.1 Å². The molecular weight excluding hydrogens is 297 g/mol. The van der Waals surface area contributed by atoms with Crippen LogP contribution in [0.15, 0.2) is 24.3 Å². The molecule has 0 aromatic heterocycles. The van der Waals surface area contributed by atoms with E-state index in [9.17, 15) is 14.0 Å². The Morgan fingerprint density at radius 3 is 2.78 bits per heavy atom. The van der Waals surface area contributed by atoms with Crippen molar-refractivity contribution in [2.24, 2.45) is 5.92 Å². The number of nitrogens with zero attached hydrogens (tertiary/aromatic N) is 1. The number of benzene rings is 1. The molecule has 1 fully saturated rings. The second kappa shape index (κ2) is 8.62. The van der Waals surface area contributed by atoms with Gasteiger partial charge >= 0.3 is 0 Å². The van der Waals surface area contributed by atoms with E-state index in [-0.39, 0.29) is 18.4 Å². The molecule has 1 saturated heterocycles. The fourth-order valence-electron chi connectivity index (χ4n) is 2.76. The lowest BCUT2D eigenvalue weighted by Crippen LogP contribution is -2.35.